The summed E-state index contributed by atoms with van der Waals surface area (Å²) in [7, 11) is 0. The number of aliphatic hydroxyl groups is 1. The largest absolute Gasteiger partial charge is 0.390 e. The molecule has 1 heterocycles. The molecule has 1 aliphatic rings. The molecule has 0 bridgehead atoms. The maximum absolute atomic E-state index is 13.6. The number of aromatic nitrogens is 1. The fourth-order valence-corrected chi connectivity index (χ4v) is 4.08. The van der Waals surface area contributed by atoms with Crippen LogP contribution >= 0.6 is 0 Å². The molecule has 0 radical (unpaired) electrons. The normalized spacial score (nSPS) is 17.0. The minimum atomic E-state index is -0.944. The zero-order valence-electron chi connectivity index (χ0n) is 19.2. The van der Waals surface area contributed by atoms with Crippen LogP contribution in [-0.2, 0) is 23.2 Å². The van der Waals surface area contributed by atoms with E-state index in [2.05, 4.69) is 42.5 Å². The number of pyridine rings is 1. The van der Waals surface area contributed by atoms with E-state index in [1.165, 1.54) is 24.6 Å². The van der Waals surface area contributed by atoms with Crippen molar-refractivity contribution in [2.45, 2.75) is 71.1 Å². The smallest absolute Gasteiger partial charge is 0.217 e. The van der Waals surface area contributed by atoms with E-state index in [1.807, 2.05) is 12.3 Å². The van der Waals surface area contributed by atoms with Gasteiger partial charge in [-0.3, -0.25) is 9.78 Å². The van der Waals surface area contributed by atoms with E-state index < -0.39 is 23.8 Å². The first kappa shape index (κ1) is 24.3. The fourth-order valence-electron chi connectivity index (χ4n) is 4.08. The average Bonchev–Trinajstić information content (AvgIpc) is 3.44. The number of carbonyl (C=O) groups is 1. The van der Waals surface area contributed by atoms with Crippen molar-refractivity contribution in [1.29, 1.82) is 0 Å². The molecule has 174 valence electrons. The van der Waals surface area contributed by atoms with Crippen molar-refractivity contribution in [2.75, 3.05) is 6.54 Å². The third-order valence-corrected chi connectivity index (χ3v) is 5.68. The highest BCUT2D eigenvalue weighted by Crippen LogP contribution is 2.44. The molecule has 0 unspecified atom stereocenters. The van der Waals surface area contributed by atoms with Crippen LogP contribution in [0.2, 0.25) is 0 Å². The molecule has 1 aliphatic carbocycles. The lowest BCUT2D eigenvalue weighted by Crippen LogP contribution is -2.49. The number of carbonyl (C=O) groups excluding carboxylic acids is 1. The van der Waals surface area contributed by atoms with Crippen LogP contribution in [0.1, 0.15) is 57.4 Å². The number of hydrogen-bond acceptors (Lipinski definition) is 4. The molecule has 0 saturated heterocycles. The molecule has 3 rings (SSSR count). The molecule has 2 atom stereocenters. The van der Waals surface area contributed by atoms with E-state index in [1.54, 1.807) is 0 Å². The van der Waals surface area contributed by atoms with Crippen molar-refractivity contribution in [3.05, 3.63) is 65.0 Å². The Balaban J connectivity index is 1.68. The lowest BCUT2D eigenvalue weighted by atomic mass is 9.88. The number of halogens is 2. The van der Waals surface area contributed by atoms with Gasteiger partial charge in [-0.25, -0.2) is 8.78 Å². The van der Waals surface area contributed by atoms with Gasteiger partial charge in [-0.1, -0.05) is 20.8 Å². The van der Waals surface area contributed by atoms with Crippen LogP contribution in [0.15, 0.2) is 36.5 Å². The van der Waals surface area contributed by atoms with Crippen LogP contribution in [0, 0.1) is 17.0 Å². The highest BCUT2D eigenvalue weighted by molar-refractivity contribution is 5.73. The first-order valence-corrected chi connectivity index (χ1v) is 11.1. The van der Waals surface area contributed by atoms with Gasteiger partial charge in [0, 0.05) is 25.7 Å². The lowest BCUT2D eigenvalue weighted by molar-refractivity contribution is -0.120. The summed E-state index contributed by atoms with van der Waals surface area (Å²) in [4.78, 5) is 16.2. The molecule has 32 heavy (non-hydrogen) atoms. The van der Waals surface area contributed by atoms with E-state index in [0.29, 0.717) is 5.56 Å². The molecule has 3 N–H and O–H groups in total. The number of amides is 1. The maximum atomic E-state index is 13.6. The topological polar surface area (TPSA) is 74.2 Å². The van der Waals surface area contributed by atoms with Gasteiger partial charge in [0.1, 0.15) is 11.6 Å². The number of hydrogen-bond donors (Lipinski definition) is 3. The summed E-state index contributed by atoms with van der Waals surface area (Å²) in [6, 6.07) is 6.70. The minimum absolute atomic E-state index is 0.115. The zero-order chi connectivity index (χ0) is 23.5. The Morgan fingerprint density at radius 2 is 1.81 bits per heavy atom. The van der Waals surface area contributed by atoms with Crippen molar-refractivity contribution in [1.82, 2.24) is 15.6 Å². The van der Waals surface area contributed by atoms with Crippen LogP contribution in [0.5, 0.6) is 0 Å². The molecule has 1 fully saturated rings. The van der Waals surface area contributed by atoms with Crippen LogP contribution in [0.3, 0.4) is 0 Å². The van der Waals surface area contributed by atoms with Gasteiger partial charge in [-0.05, 0) is 66.5 Å². The van der Waals surface area contributed by atoms with Crippen LogP contribution in [0.25, 0.3) is 0 Å². The van der Waals surface area contributed by atoms with Gasteiger partial charge in [-0.2, -0.15) is 0 Å². The molecule has 0 spiro atoms. The van der Waals surface area contributed by atoms with Gasteiger partial charge >= 0.3 is 0 Å². The number of nitrogens with one attached hydrogen (secondary N) is 2. The average molecular weight is 446 g/mol. The van der Waals surface area contributed by atoms with E-state index in [9.17, 15) is 18.7 Å². The Labute approximate surface area is 188 Å². The predicted molar refractivity (Wildman–Crippen MR) is 120 cm³/mol. The van der Waals surface area contributed by atoms with Gasteiger partial charge in [0.05, 0.1) is 23.4 Å². The predicted octanol–water partition coefficient (Wildman–Crippen LogP) is 3.64. The maximum Gasteiger partial charge on any atom is 0.217 e. The number of nitrogens with zero attached hydrogens (tertiary/aromatic N) is 1. The van der Waals surface area contributed by atoms with E-state index in [0.717, 1.165) is 31.0 Å². The molecular weight excluding hydrogens is 412 g/mol. The molecule has 1 aromatic heterocycles. The van der Waals surface area contributed by atoms with Crippen LogP contribution < -0.4 is 10.6 Å². The Morgan fingerprint density at radius 1 is 1.16 bits per heavy atom. The third-order valence-electron chi connectivity index (χ3n) is 5.68. The van der Waals surface area contributed by atoms with Crippen molar-refractivity contribution >= 4 is 5.91 Å². The summed E-state index contributed by atoms with van der Waals surface area (Å²) in [5.74, 6) is -1.69. The Kier molecular flexibility index (Phi) is 7.30. The molecule has 7 heteroatoms. The molecule has 1 saturated carbocycles. The molecule has 1 amide bonds. The summed E-state index contributed by atoms with van der Waals surface area (Å²) in [5.41, 5.74) is 2.43. The molecule has 0 aliphatic heterocycles. The van der Waals surface area contributed by atoms with Crippen molar-refractivity contribution < 1.29 is 18.7 Å². The summed E-state index contributed by atoms with van der Waals surface area (Å²) < 4.78 is 27.1. The highest BCUT2D eigenvalue weighted by Gasteiger charge is 2.46. The quantitative estimate of drug-likeness (QED) is 0.551. The molecule has 5 nitrogen and oxygen atoms in total. The summed E-state index contributed by atoms with van der Waals surface area (Å²) in [6.45, 7) is 8.16. The second-order valence-electron chi connectivity index (χ2n) is 10.1. The van der Waals surface area contributed by atoms with Gasteiger partial charge in [0.25, 0.3) is 0 Å². The van der Waals surface area contributed by atoms with Gasteiger partial charge in [-0.15, -0.1) is 0 Å². The molecule has 1 aromatic carbocycles. The monoisotopic (exact) mass is 445 g/mol. The first-order valence-electron chi connectivity index (χ1n) is 11.1. The van der Waals surface area contributed by atoms with E-state index in [4.69, 9.17) is 0 Å². The van der Waals surface area contributed by atoms with Crippen molar-refractivity contribution in [2.24, 2.45) is 5.41 Å². The SMILES string of the molecule is CC(=O)N[C@@H](Cc1cc(F)cc(F)c1)[C@H](O)CNC1(c2cc(CC(C)(C)C)ccn2)CC1. The summed E-state index contributed by atoms with van der Waals surface area (Å²) in [5, 5.41) is 17.0. The number of rotatable bonds is 9. The van der Waals surface area contributed by atoms with E-state index in [-0.39, 0.29) is 29.8 Å². The number of aliphatic hydroxyl groups excluding tert-OH is 1. The second-order valence-corrected chi connectivity index (χ2v) is 10.1. The van der Waals surface area contributed by atoms with Crippen LogP contribution in [-0.4, -0.2) is 34.7 Å². The highest BCUT2D eigenvalue weighted by atomic mass is 19.1. The third kappa shape index (κ3) is 6.81. The minimum Gasteiger partial charge on any atom is -0.390 e. The fraction of sp³-hybridized carbons (Fsp3) is 0.520. The Bertz CT molecular complexity index is 934. The molecular formula is C25H33F2N3O2. The van der Waals surface area contributed by atoms with Gasteiger partial charge in [0.2, 0.25) is 5.91 Å². The van der Waals surface area contributed by atoms with Gasteiger partial charge in [0.15, 0.2) is 0 Å². The Hall–Kier alpha value is -2.38. The summed E-state index contributed by atoms with van der Waals surface area (Å²) in [6.07, 6.45) is 3.75. The second kappa shape index (κ2) is 9.63. The zero-order valence-corrected chi connectivity index (χ0v) is 19.2. The van der Waals surface area contributed by atoms with E-state index >= 15 is 0 Å². The van der Waals surface area contributed by atoms with Gasteiger partial charge < -0.3 is 15.7 Å². The Morgan fingerprint density at radius 3 is 2.38 bits per heavy atom. The van der Waals surface area contributed by atoms with Crippen LogP contribution in [0.4, 0.5) is 8.78 Å². The first-order chi connectivity index (χ1) is 15.0. The lowest BCUT2D eigenvalue weighted by Gasteiger charge is -2.27. The van der Waals surface area contributed by atoms with Crippen molar-refractivity contribution in [3.63, 3.8) is 0 Å². The van der Waals surface area contributed by atoms with Crippen molar-refractivity contribution in [3.8, 4) is 0 Å². The molecule has 2 aromatic rings. The number of benzene rings is 1. The summed E-state index contributed by atoms with van der Waals surface area (Å²) >= 11 is 0. The standard InChI is InChI=1S/C25H33F2N3O2/c1-16(31)30-21(11-18-9-19(26)13-20(27)10-18)22(32)15-29-25(6-7-25)23-12-17(5-8-28-23)14-24(2,3)4/h5,8-10,12-13,21-22,29,32H,6-7,11,14-15H2,1-4H3,(H,30,31)/t21-,22+/m0/s1.